The first-order valence-electron chi connectivity index (χ1n) is 11.3. The van der Waals surface area contributed by atoms with E-state index in [1.807, 2.05) is 29.2 Å². The van der Waals surface area contributed by atoms with E-state index in [9.17, 15) is 10.2 Å². The Hall–Kier alpha value is -2.44. The molecule has 0 aliphatic carbocycles. The number of rotatable bonds is 8. The van der Waals surface area contributed by atoms with Gasteiger partial charge in [-0.25, -0.2) is 9.67 Å². The maximum atomic E-state index is 10.4. The lowest BCUT2D eigenvalue weighted by molar-refractivity contribution is 0.0628. The Balaban J connectivity index is 1.93. The number of aliphatic hydroxyl groups is 2. The predicted octanol–water partition coefficient (Wildman–Crippen LogP) is 4.11. The summed E-state index contributed by atoms with van der Waals surface area (Å²) >= 11 is 0. The average molecular weight is 469 g/mol. The first-order valence-corrected chi connectivity index (χ1v) is 15.0. The molecule has 3 heterocycles. The van der Waals surface area contributed by atoms with Gasteiger partial charge < -0.3 is 19.5 Å². The summed E-state index contributed by atoms with van der Waals surface area (Å²) in [5, 5.41) is 25.8. The Morgan fingerprint density at radius 1 is 1.09 bits per heavy atom. The van der Waals surface area contributed by atoms with Crippen LogP contribution in [0, 0.1) is 11.8 Å². The van der Waals surface area contributed by atoms with Crippen LogP contribution in [-0.2, 0) is 18.0 Å². The predicted molar refractivity (Wildman–Crippen MR) is 135 cm³/mol. The Kier molecular flexibility index (Phi) is 7.20. The van der Waals surface area contributed by atoms with Gasteiger partial charge >= 0.3 is 0 Å². The topological polar surface area (TPSA) is 85.3 Å². The van der Waals surface area contributed by atoms with E-state index in [0.717, 1.165) is 34.7 Å². The Morgan fingerprint density at radius 2 is 1.82 bits per heavy atom. The molecule has 3 rings (SSSR count). The van der Waals surface area contributed by atoms with Crippen LogP contribution in [0.25, 0.3) is 22.0 Å². The standard InChI is InChI=1S/C25H36N4O3Si/c1-24(2,30)9-8-20-12-21-22(16-28(17-25(3,4)31)23(21)14-26-20)19-13-27-29(15-19)18-32-10-11-33(5,6)7/h12-16,30-31H,10-11,17-18H2,1-7H3. The molecule has 0 saturated heterocycles. The summed E-state index contributed by atoms with van der Waals surface area (Å²) in [4.78, 5) is 4.46. The molecule has 3 aromatic rings. The van der Waals surface area contributed by atoms with Gasteiger partial charge in [0.2, 0.25) is 0 Å². The summed E-state index contributed by atoms with van der Waals surface area (Å²) in [5.74, 6) is 5.77. The van der Waals surface area contributed by atoms with Gasteiger partial charge in [-0.1, -0.05) is 25.6 Å². The first-order chi connectivity index (χ1) is 15.2. The molecule has 3 aromatic heterocycles. The second kappa shape index (κ2) is 9.43. The number of nitrogens with zero attached hydrogens (tertiary/aromatic N) is 4. The van der Waals surface area contributed by atoms with E-state index >= 15 is 0 Å². The van der Waals surface area contributed by atoms with E-state index in [0.29, 0.717) is 19.0 Å². The van der Waals surface area contributed by atoms with E-state index < -0.39 is 19.3 Å². The number of fused-ring (bicyclic) bond motifs is 1. The maximum absolute atomic E-state index is 10.4. The average Bonchev–Trinajstić information content (AvgIpc) is 3.26. The van der Waals surface area contributed by atoms with Crippen molar-refractivity contribution in [3.63, 3.8) is 0 Å². The summed E-state index contributed by atoms with van der Waals surface area (Å²) in [6.45, 7) is 15.4. The summed E-state index contributed by atoms with van der Waals surface area (Å²) in [6, 6.07) is 3.04. The number of ether oxygens (including phenoxy) is 1. The van der Waals surface area contributed by atoms with Gasteiger partial charge in [-0.05, 0) is 45.7 Å². The van der Waals surface area contributed by atoms with Crippen LogP contribution in [0.2, 0.25) is 25.7 Å². The van der Waals surface area contributed by atoms with Crippen LogP contribution in [0.1, 0.15) is 33.4 Å². The van der Waals surface area contributed by atoms with Gasteiger partial charge in [0.25, 0.3) is 0 Å². The highest BCUT2D eigenvalue weighted by molar-refractivity contribution is 6.76. The molecule has 0 radical (unpaired) electrons. The van der Waals surface area contributed by atoms with Crippen LogP contribution >= 0.6 is 0 Å². The molecule has 0 aliphatic heterocycles. The van der Waals surface area contributed by atoms with E-state index in [1.54, 1.807) is 38.6 Å². The first kappa shape index (κ1) is 25.2. The van der Waals surface area contributed by atoms with Crippen molar-refractivity contribution in [3.05, 3.63) is 36.5 Å². The molecule has 178 valence electrons. The van der Waals surface area contributed by atoms with Gasteiger partial charge in [0.1, 0.15) is 18.0 Å². The third-order valence-corrected chi connectivity index (χ3v) is 6.69. The second-order valence-electron chi connectivity index (χ2n) is 11.0. The molecule has 0 atom stereocenters. The summed E-state index contributed by atoms with van der Waals surface area (Å²) in [7, 11) is -1.13. The third kappa shape index (κ3) is 7.54. The number of aromatic nitrogens is 4. The number of hydrogen-bond acceptors (Lipinski definition) is 5. The third-order valence-electron chi connectivity index (χ3n) is 4.99. The zero-order chi connectivity index (χ0) is 24.4. The largest absolute Gasteiger partial charge is 0.389 e. The van der Waals surface area contributed by atoms with Crippen molar-refractivity contribution in [2.45, 2.75) is 77.9 Å². The van der Waals surface area contributed by atoms with E-state index in [2.05, 4.69) is 41.6 Å². The van der Waals surface area contributed by atoms with Crippen molar-refractivity contribution in [3.8, 4) is 23.0 Å². The quantitative estimate of drug-likeness (QED) is 0.295. The van der Waals surface area contributed by atoms with Crippen LogP contribution in [0.3, 0.4) is 0 Å². The minimum atomic E-state index is -1.13. The minimum Gasteiger partial charge on any atom is -0.389 e. The molecule has 0 spiro atoms. The molecule has 0 saturated carbocycles. The molecule has 0 bridgehead atoms. The van der Waals surface area contributed by atoms with Crippen molar-refractivity contribution in [1.82, 2.24) is 19.3 Å². The number of pyridine rings is 1. The summed E-state index contributed by atoms with van der Waals surface area (Å²) < 4.78 is 9.64. The molecule has 0 unspecified atom stereocenters. The van der Waals surface area contributed by atoms with Crippen molar-refractivity contribution in [1.29, 1.82) is 0 Å². The fraction of sp³-hybridized carbons (Fsp3) is 0.520. The van der Waals surface area contributed by atoms with Gasteiger partial charge in [0.05, 0.1) is 30.1 Å². The monoisotopic (exact) mass is 468 g/mol. The van der Waals surface area contributed by atoms with Crippen LogP contribution in [-0.4, -0.2) is 55.4 Å². The van der Waals surface area contributed by atoms with Crippen molar-refractivity contribution in [2.24, 2.45) is 0 Å². The normalized spacial score (nSPS) is 12.8. The van der Waals surface area contributed by atoms with Gasteiger partial charge in [0, 0.05) is 43.6 Å². The summed E-state index contributed by atoms with van der Waals surface area (Å²) in [5.41, 5.74) is 1.45. The molecule has 0 aromatic carbocycles. The zero-order valence-electron chi connectivity index (χ0n) is 20.8. The molecule has 0 fully saturated rings. The molecular formula is C25H36N4O3Si. The highest BCUT2D eigenvalue weighted by Crippen LogP contribution is 2.31. The second-order valence-corrected chi connectivity index (χ2v) is 16.6. The van der Waals surface area contributed by atoms with Crippen LogP contribution in [0.15, 0.2) is 30.9 Å². The SMILES string of the molecule is CC(C)(O)C#Cc1cc2c(-c3cnn(COCC[Si](C)(C)C)c3)cn(CC(C)(C)O)c2cn1. The van der Waals surface area contributed by atoms with Gasteiger partial charge in [-0.3, -0.25) is 0 Å². The van der Waals surface area contributed by atoms with Crippen LogP contribution < -0.4 is 0 Å². The summed E-state index contributed by atoms with van der Waals surface area (Å²) in [6.07, 6.45) is 7.59. The van der Waals surface area contributed by atoms with Gasteiger partial charge in [-0.2, -0.15) is 5.10 Å². The molecule has 0 amide bonds. The molecule has 8 heteroatoms. The zero-order valence-corrected chi connectivity index (χ0v) is 21.8. The highest BCUT2D eigenvalue weighted by Gasteiger charge is 2.19. The molecular weight excluding hydrogens is 432 g/mol. The fourth-order valence-electron chi connectivity index (χ4n) is 3.36. The Morgan fingerprint density at radius 3 is 2.45 bits per heavy atom. The minimum absolute atomic E-state index is 0.413. The van der Waals surface area contributed by atoms with E-state index in [-0.39, 0.29) is 0 Å². The van der Waals surface area contributed by atoms with Gasteiger partial charge in [0.15, 0.2) is 0 Å². The lowest BCUT2D eigenvalue weighted by Gasteiger charge is -2.18. The van der Waals surface area contributed by atoms with E-state index in [1.165, 1.54) is 0 Å². The molecule has 0 aliphatic rings. The smallest absolute Gasteiger partial charge is 0.139 e. The highest BCUT2D eigenvalue weighted by atomic mass is 28.3. The Labute approximate surface area is 197 Å². The number of hydrogen-bond donors (Lipinski definition) is 2. The van der Waals surface area contributed by atoms with Crippen molar-refractivity contribution < 1.29 is 14.9 Å². The molecule has 2 N–H and O–H groups in total. The van der Waals surface area contributed by atoms with Crippen molar-refractivity contribution >= 4 is 19.0 Å². The molecule has 33 heavy (non-hydrogen) atoms. The lowest BCUT2D eigenvalue weighted by Crippen LogP contribution is -2.25. The van der Waals surface area contributed by atoms with Crippen LogP contribution in [0.5, 0.6) is 0 Å². The van der Waals surface area contributed by atoms with Crippen molar-refractivity contribution in [2.75, 3.05) is 6.61 Å². The van der Waals surface area contributed by atoms with Gasteiger partial charge in [-0.15, -0.1) is 0 Å². The lowest BCUT2D eigenvalue weighted by atomic mass is 10.1. The maximum Gasteiger partial charge on any atom is 0.139 e. The van der Waals surface area contributed by atoms with E-state index in [4.69, 9.17) is 4.74 Å². The molecule has 7 nitrogen and oxygen atoms in total. The van der Waals surface area contributed by atoms with Crippen LogP contribution in [0.4, 0.5) is 0 Å². The Bertz CT molecular complexity index is 1160. The fourth-order valence-corrected chi connectivity index (χ4v) is 4.12.